The van der Waals surface area contributed by atoms with Crippen LogP contribution >= 0.6 is 0 Å². The molecule has 0 unspecified atom stereocenters. The summed E-state index contributed by atoms with van der Waals surface area (Å²) in [5.41, 5.74) is 0.823. The third-order valence-electron chi connectivity index (χ3n) is 2.51. The first-order chi connectivity index (χ1) is 7.36. The van der Waals surface area contributed by atoms with E-state index in [1.807, 2.05) is 24.3 Å². The molecule has 2 aromatic carbocycles. The van der Waals surface area contributed by atoms with Gasteiger partial charge in [-0.15, -0.1) is 0 Å². The number of aromatic hydroxyl groups is 1. The Kier molecular flexibility index (Phi) is 1.62. The van der Waals surface area contributed by atoms with Gasteiger partial charge in [0, 0.05) is 11.6 Å². The van der Waals surface area contributed by atoms with Gasteiger partial charge >= 0.3 is 0 Å². The SMILES string of the molecule is Oc1cc[c]c2ccc3cccnc3c12. The smallest absolute Gasteiger partial charge is 0.125 e. The van der Waals surface area contributed by atoms with Crippen LogP contribution in [0.15, 0.2) is 42.6 Å². The van der Waals surface area contributed by atoms with Crippen LogP contribution in [-0.2, 0) is 0 Å². The molecule has 0 aliphatic heterocycles. The number of hydrogen-bond acceptors (Lipinski definition) is 2. The number of benzene rings is 2. The molecular weight excluding hydrogens is 186 g/mol. The Bertz CT molecular complexity index is 646. The van der Waals surface area contributed by atoms with Gasteiger partial charge in [-0.05, 0) is 23.6 Å². The second-order valence-corrected chi connectivity index (χ2v) is 3.43. The lowest BCUT2D eigenvalue weighted by Crippen LogP contribution is -1.81. The maximum Gasteiger partial charge on any atom is 0.125 e. The minimum absolute atomic E-state index is 0.257. The zero-order valence-corrected chi connectivity index (χ0v) is 7.94. The molecule has 2 heteroatoms. The number of fused-ring (bicyclic) bond motifs is 3. The van der Waals surface area contributed by atoms with Crippen LogP contribution in [0.2, 0.25) is 0 Å². The lowest BCUT2D eigenvalue weighted by Gasteiger charge is -2.03. The van der Waals surface area contributed by atoms with Gasteiger partial charge in [-0.1, -0.05) is 24.3 Å². The number of aromatic nitrogens is 1. The van der Waals surface area contributed by atoms with E-state index in [4.69, 9.17) is 0 Å². The normalized spacial score (nSPS) is 10.9. The molecule has 1 radical (unpaired) electrons. The molecule has 3 rings (SSSR count). The second kappa shape index (κ2) is 2.95. The third-order valence-corrected chi connectivity index (χ3v) is 2.51. The summed E-state index contributed by atoms with van der Waals surface area (Å²) in [6.45, 7) is 0. The van der Waals surface area contributed by atoms with Crippen molar-refractivity contribution in [3.63, 3.8) is 0 Å². The van der Waals surface area contributed by atoms with Gasteiger partial charge < -0.3 is 5.11 Å². The fraction of sp³-hybridized carbons (Fsp3) is 0. The molecule has 2 nitrogen and oxygen atoms in total. The van der Waals surface area contributed by atoms with Crippen LogP contribution in [-0.4, -0.2) is 10.1 Å². The Labute approximate surface area is 86.8 Å². The minimum Gasteiger partial charge on any atom is -0.507 e. The molecule has 0 atom stereocenters. The topological polar surface area (TPSA) is 33.1 Å². The minimum atomic E-state index is 0.257. The Morgan fingerprint density at radius 3 is 3.00 bits per heavy atom. The summed E-state index contributed by atoms with van der Waals surface area (Å²) in [4.78, 5) is 4.29. The maximum absolute atomic E-state index is 9.81. The lowest BCUT2D eigenvalue weighted by atomic mass is 10.1. The van der Waals surface area contributed by atoms with Crippen LogP contribution in [0.3, 0.4) is 0 Å². The zero-order valence-electron chi connectivity index (χ0n) is 7.94. The lowest BCUT2D eigenvalue weighted by molar-refractivity contribution is 0.482. The van der Waals surface area contributed by atoms with E-state index in [-0.39, 0.29) is 5.75 Å². The first-order valence-electron chi connectivity index (χ1n) is 4.73. The number of rotatable bonds is 0. The van der Waals surface area contributed by atoms with Crippen LogP contribution in [0.1, 0.15) is 0 Å². The number of phenolic OH excluding ortho intramolecular Hbond substituents is 1. The van der Waals surface area contributed by atoms with Crippen LogP contribution in [0, 0.1) is 6.07 Å². The van der Waals surface area contributed by atoms with Crippen molar-refractivity contribution in [2.45, 2.75) is 0 Å². The molecule has 0 saturated heterocycles. The number of nitrogens with zero attached hydrogens (tertiary/aromatic N) is 1. The van der Waals surface area contributed by atoms with Crippen molar-refractivity contribution in [3.05, 3.63) is 48.7 Å². The fourth-order valence-electron chi connectivity index (χ4n) is 1.82. The molecule has 0 saturated carbocycles. The zero-order chi connectivity index (χ0) is 10.3. The van der Waals surface area contributed by atoms with E-state index >= 15 is 0 Å². The predicted octanol–water partition coefficient (Wildman–Crippen LogP) is 2.89. The molecule has 1 heterocycles. The van der Waals surface area contributed by atoms with Crippen molar-refractivity contribution in [2.24, 2.45) is 0 Å². The van der Waals surface area contributed by atoms with Crippen molar-refractivity contribution >= 4 is 21.7 Å². The van der Waals surface area contributed by atoms with Crippen molar-refractivity contribution in [1.29, 1.82) is 0 Å². The van der Waals surface area contributed by atoms with Crippen LogP contribution in [0.5, 0.6) is 5.75 Å². The Balaban J connectivity index is 2.64. The molecular formula is C13H8NO. The molecule has 0 fully saturated rings. The van der Waals surface area contributed by atoms with E-state index < -0.39 is 0 Å². The summed E-state index contributed by atoms with van der Waals surface area (Å²) in [5, 5.41) is 12.5. The number of phenols is 1. The average Bonchev–Trinajstić information content (AvgIpc) is 2.29. The van der Waals surface area contributed by atoms with Crippen LogP contribution in [0.4, 0.5) is 0 Å². The molecule has 71 valence electrons. The van der Waals surface area contributed by atoms with Crippen molar-refractivity contribution < 1.29 is 5.11 Å². The van der Waals surface area contributed by atoms with Gasteiger partial charge in [0.15, 0.2) is 0 Å². The molecule has 0 spiro atoms. The third kappa shape index (κ3) is 1.15. The second-order valence-electron chi connectivity index (χ2n) is 3.43. The highest BCUT2D eigenvalue weighted by Crippen LogP contribution is 2.29. The highest BCUT2D eigenvalue weighted by atomic mass is 16.3. The molecule has 0 aliphatic rings. The van der Waals surface area contributed by atoms with Crippen molar-refractivity contribution in [1.82, 2.24) is 4.98 Å². The van der Waals surface area contributed by atoms with Gasteiger partial charge in [0.25, 0.3) is 0 Å². The molecule has 0 bridgehead atoms. The molecule has 1 aromatic heterocycles. The van der Waals surface area contributed by atoms with Gasteiger partial charge in [-0.25, -0.2) is 0 Å². The van der Waals surface area contributed by atoms with E-state index in [1.54, 1.807) is 18.3 Å². The largest absolute Gasteiger partial charge is 0.507 e. The number of pyridine rings is 1. The molecule has 15 heavy (non-hydrogen) atoms. The van der Waals surface area contributed by atoms with Crippen LogP contribution < -0.4 is 0 Å². The average molecular weight is 194 g/mol. The monoisotopic (exact) mass is 194 g/mol. The standard InChI is InChI=1S/C13H8NO/c15-11-5-1-3-9-6-7-10-4-2-8-14-13(10)12(9)11/h1-2,4-8,15H. The number of hydrogen-bond donors (Lipinski definition) is 1. The Morgan fingerprint density at radius 2 is 2.07 bits per heavy atom. The van der Waals surface area contributed by atoms with E-state index in [0.717, 1.165) is 21.7 Å². The maximum atomic E-state index is 9.81. The summed E-state index contributed by atoms with van der Waals surface area (Å²) in [6, 6.07) is 14.2. The molecule has 0 amide bonds. The fourth-order valence-corrected chi connectivity index (χ4v) is 1.82. The summed E-state index contributed by atoms with van der Waals surface area (Å²) in [5.74, 6) is 0.257. The van der Waals surface area contributed by atoms with E-state index in [9.17, 15) is 5.11 Å². The highest BCUT2D eigenvalue weighted by Gasteiger charge is 2.04. The first-order valence-corrected chi connectivity index (χ1v) is 4.73. The molecule has 0 aliphatic carbocycles. The van der Waals surface area contributed by atoms with Crippen molar-refractivity contribution in [3.8, 4) is 5.75 Å². The van der Waals surface area contributed by atoms with Crippen LogP contribution in [0.25, 0.3) is 21.7 Å². The quantitative estimate of drug-likeness (QED) is 0.558. The summed E-state index contributed by atoms with van der Waals surface area (Å²) in [7, 11) is 0. The van der Waals surface area contributed by atoms with Crippen molar-refractivity contribution in [2.75, 3.05) is 0 Å². The van der Waals surface area contributed by atoms with Gasteiger partial charge in [0.1, 0.15) is 5.75 Å². The highest BCUT2D eigenvalue weighted by molar-refractivity contribution is 6.07. The van der Waals surface area contributed by atoms with Gasteiger partial charge in [-0.2, -0.15) is 0 Å². The van der Waals surface area contributed by atoms with Gasteiger partial charge in [0.05, 0.1) is 10.9 Å². The Hall–Kier alpha value is -2.09. The molecule has 3 aromatic rings. The van der Waals surface area contributed by atoms with E-state index in [2.05, 4.69) is 11.1 Å². The first kappa shape index (κ1) is 8.24. The summed E-state index contributed by atoms with van der Waals surface area (Å²) >= 11 is 0. The predicted molar refractivity (Wildman–Crippen MR) is 59.7 cm³/mol. The van der Waals surface area contributed by atoms with E-state index in [1.165, 1.54) is 0 Å². The van der Waals surface area contributed by atoms with E-state index in [0.29, 0.717) is 0 Å². The Morgan fingerprint density at radius 1 is 1.13 bits per heavy atom. The molecule has 1 N–H and O–H groups in total. The van der Waals surface area contributed by atoms with Gasteiger partial charge in [0.2, 0.25) is 0 Å². The summed E-state index contributed by atoms with van der Waals surface area (Å²) < 4.78 is 0. The summed E-state index contributed by atoms with van der Waals surface area (Å²) in [6.07, 6.45) is 1.73. The van der Waals surface area contributed by atoms with Gasteiger partial charge in [-0.3, -0.25) is 4.98 Å².